The number of hydrogen-bond donors (Lipinski definition) is 1. The fourth-order valence-electron chi connectivity index (χ4n) is 4.35. The first kappa shape index (κ1) is 23.1. The fraction of sp³-hybridized carbons (Fsp3) is 0.320. The lowest BCUT2D eigenvalue weighted by atomic mass is 10.0. The summed E-state index contributed by atoms with van der Waals surface area (Å²) in [6, 6.07) is 20.4. The van der Waals surface area contributed by atoms with Gasteiger partial charge in [0.05, 0.1) is 11.0 Å². The van der Waals surface area contributed by atoms with Crippen molar-refractivity contribution in [3.8, 4) is 0 Å². The highest BCUT2D eigenvalue weighted by Gasteiger charge is 2.31. The third-order valence-electron chi connectivity index (χ3n) is 6.06. The molecule has 172 valence electrons. The van der Waals surface area contributed by atoms with E-state index in [-0.39, 0.29) is 23.7 Å². The van der Waals surface area contributed by atoms with E-state index < -0.39 is 4.92 Å². The van der Waals surface area contributed by atoms with Crippen LogP contribution in [0.1, 0.15) is 33.8 Å². The van der Waals surface area contributed by atoms with Crippen molar-refractivity contribution in [2.45, 2.75) is 25.6 Å². The van der Waals surface area contributed by atoms with Crippen LogP contribution in [-0.4, -0.2) is 52.9 Å². The van der Waals surface area contributed by atoms with Crippen LogP contribution in [0.4, 0.5) is 5.69 Å². The third-order valence-corrected chi connectivity index (χ3v) is 7.00. The molecule has 2 aromatic carbocycles. The number of amides is 1. The maximum absolute atomic E-state index is 12.8. The van der Waals surface area contributed by atoms with Gasteiger partial charge in [0.1, 0.15) is 0 Å². The molecule has 4 rings (SSSR count). The standard InChI is InChI=1S/C25H28N4O3S/c1-19(26-25(30)21-9-11-22(12-10-21)29(31)32)24(23-8-5-17-33-23)28-15-13-27(14-16-28)18-20-6-3-2-4-7-20/h2-12,17,19,24H,13-16,18H2,1H3,(H,26,30)/t19-,24-/m1/s1. The lowest BCUT2D eigenvalue weighted by Gasteiger charge is -2.41. The van der Waals surface area contributed by atoms with Crippen molar-refractivity contribution in [3.63, 3.8) is 0 Å². The Morgan fingerprint density at radius 2 is 1.73 bits per heavy atom. The minimum Gasteiger partial charge on any atom is -0.348 e. The molecule has 0 saturated carbocycles. The van der Waals surface area contributed by atoms with E-state index in [1.807, 2.05) is 19.1 Å². The van der Waals surface area contributed by atoms with Crippen LogP contribution in [0.15, 0.2) is 72.1 Å². The Morgan fingerprint density at radius 1 is 1.03 bits per heavy atom. The third kappa shape index (κ3) is 5.84. The number of piperazine rings is 1. The van der Waals surface area contributed by atoms with E-state index in [2.05, 4.69) is 50.8 Å². The Balaban J connectivity index is 1.41. The number of non-ortho nitro benzene ring substituents is 1. The summed E-state index contributed by atoms with van der Waals surface area (Å²) in [6.07, 6.45) is 0. The van der Waals surface area contributed by atoms with E-state index in [0.717, 1.165) is 32.7 Å². The molecule has 1 aliphatic heterocycles. The first-order valence-corrected chi connectivity index (χ1v) is 12.0. The number of benzene rings is 2. The molecule has 1 saturated heterocycles. The van der Waals surface area contributed by atoms with Gasteiger partial charge >= 0.3 is 0 Å². The van der Waals surface area contributed by atoms with E-state index in [0.29, 0.717) is 5.56 Å². The molecule has 0 bridgehead atoms. The number of nitrogens with one attached hydrogen (secondary N) is 1. The van der Waals surface area contributed by atoms with Gasteiger partial charge in [-0.15, -0.1) is 11.3 Å². The highest BCUT2D eigenvalue weighted by atomic mass is 32.1. The average Bonchev–Trinajstić information content (AvgIpc) is 3.35. The summed E-state index contributed by atoms with van der Waals surface area (Å²) >= 11 is 1.70. The van der Waals surface area contributed by atoms with Crippen LogP contribution < -0.4 is 5.32 Å². The van der Waals surface area contributed by atoms with Gasteiger partial charge in [0.2, 0.25) is 0 Å². The van der Waals surface area contributed by atoms with Gasteiger partial charge in [0.15, 0.2) is 0 Å². The van der Waals surface area contributed by atoms with E-state index in [4.69, 9.17) is 0 Å². The molecule has 2 heterocycles. The second-order valence-corrected chi connectivity index (χ2v) is 9.30. The van der Waals surface area contributed by atoms with Crippen molar-refractivity contribution in [1.29, 1.82) is 0 Å². The lowest BCUT2D eigenvalue weighted by molar-refractivity contribution is -0.384. The molecule has 0 spiro atoms. The highest BCUT2D eigenvalue weighted by molar-refractivity contribution is 7.10. The zero-order chi connectivity index (χ0) is 23.2. The summed E-state index contributed by atoms with van der Waals surface area (Å²) in [5.74, 6) is -0.221. The van der Waals surface area contributed by atoms with Crippen LogP contribution >= 0.6 is 11.3 Å². The normalized spacial score (nSPS) is 16.8. The summed E-state index contributed by atoms with van der Waals surface area (Å²) < 4.78 is 0. The van der Waals surface area contributed by atoms with Crippen molar-refractivity contribution in [3.05, 3.63) is 98.2 Å². The molecule has 1 N–H and O–H groups in total. The second kappa shape index (κ2) is 10.7. The van der Waals surface area contributed by atoms with Crippen LogP contribution in [0.3, 0.4) is 0 Å². The van der Waals surface area contributed by atoms with Crippen LogP contribution in [0, 0.1) is 10.1 Å². The summed E-state index contributed by atoms with van der Waals surface area (Å²) in [7, 11) is 0. The van der Waals surface area contributed by atoms with Crippen molar-refractivity contribution >= 4 is 22.9 Å². The number of nitro groups is 1. The number of carbonyl (C=O) groups is 1. The molecule has 0 aliphatic carbocycles. The van der Waals surface area contributed by atoms with Gasteiger partial charge in [-0.2, -0.15) is 0 Å². The van der Waals surface area contributed by atoms with Crippen LogP contribution in [-0.2, 0) is 6.54 Å². The van der Waals surface area contributed by atoms with Crippen LogP contribution in [0.5, 0.6) is 0 Å². The zero-order valence-electron chi connectivity index (χ0n) is 18.6. The van der Waals surface area contributed by atoms with Gasteiger partial charge in [0.25, 0.3) is 11.6 Å². The van der Waals surface area contributed by atoms with Crippen molar-refractivity contribution in [1.82, 2.24) is 15.1 Å². The maximum Gasteiger partial charge on any atom is 0.269 e. The van der Waals surface area contributed by atoms with Gasteiger partial charge in [-0.05, 0) is 36.1 Å². The fourth-order valence-corrected chi connectivity index (χ4v) is 5.31. The molecule has 7 nitrogen and oxygen atoms in total. The molecule has 2 atom stereocenters. The van der Waals surface area contributed by atoms with Crippen LogP contribution in [0.25, 0.3) is 0 Å². The predicted molar refractivity (Wildman–Crippen MR) is 130 cm³/mol. The highest BCUT2D eigenvalue weighted by Crippen LogP contribution is 2.30. The largest absolute Gasteiger partial charge is 0.348 e. The SMILES string of the molecule is C[C@@H](NC(=O)c1ccc([N+](=O)[O-])cc1)[C@H](c1cccs1)N1CCN(Cc2ccccc2)CC1. The summed E-state index contributed by atoms with van der Waals surface area (Å²) in [5.41, 5.74) is 1.72. The first-order chi connectivity index (χ1) is 16.0. The minimum atomic E-state index is -0.464. The summed E-state index contributed by atoms with van der Waals surface area (Å²) in [5, 5.41) is 16.1. The molecule has 1 aromatic heterocycles. The Kier molecular flexibility index (Phi) is 7.49. The number of nitro benzene ring substituents is 1. The maximum atomic E-state index is 12.8. The summed E-state index contributed by atoms with van der Waals surface area (Å²) in [4.78, 5) is 29.4. The Labute approximate surface area is 197 Å². The van der Waals surface area contributed by atoms with Gasteiger partial charge in [-0.1, -0.05) is 36.4 Å². The van der Waals surface area contributed by atoms with E-state index >= 15 is 0 Å². The van der Waals surface area contributed by atoms with Crippen molar-refractivity contribution in [2.24, 2.45) is 0 Å². The number of nitrogens with zero attached hydrogens (tertiary/aromatic N) is 3. The van der Waals surface area contributed by atoms with Crippen LogP contribution in [0.2, 0.25) is 0 Å². The Bertz CT molecular complexity index is 1050. The topological polar surface area (TPSA) is 78.7 Å². The number of thiophene rings is 1. The zero-order valence-corrected chi connectivity index (χ0v) is 19.4. The molecular weight excluding hydrogens is 436 g/mol. The molecule has 8 heteroatoms. The van der Waals surface area contributed by atoms with E-state index in [9.17, 15) is 14.9 Å². The molecule has 0 unspecified atom stereocenters. The van der Waals surface area contributed by atoms with Gasteiger partial charge < -0.3 is 5.32 Å². The van der Waals surface area contributed by atoms with Gasteiger partial charge in [-0.25, -0.2) is 0 Å². The number of hydrogen-bond acceptors (Lipinski definition) is 6. The molecule has 33 heavy (non-hydrogen) atoms. The summed E-state index contributed by atoms with van der Waals surface area (Å²) in [6.45, 7) is 6.77. The molecule has 3 aromatic rings. The quantitative estimate of drug-likeness (QED) is 0.396. The van der Waals surface area contributed by atoms with E-state index in [1.165, 1.54) is 34.7 Å². The molecule has 0 radical (unpaired) electrons. The average molecular weight is 465 g/mol. The monoisotopic (exact) mass is 464 g/mol. The molecule has 1 fully saturated rings. The second-order valence-electron chi connectivity index (χ2n) is 8.32. The number of rotatable bonds is 8. The molecule has 1 aliphatic rings. The van der Waals surface area contributed by atoms with Crippen molar-refractivity contribution < 1.29 is 9.72 Å². The number of carbonyl (C=O) groups excluding carboxylic acids is 1. The first-order valence-electron chi connectivity index (χ1n) is 11.1. The molecule has 1 amide bonds. The van der Waals surface area contributed by atoms with E-state index in [1.54, 1.807) is 11.3 Å². The van der Waals surface area contributed by atoms with Crippen molar-refractivity contribution in [2.75, 3.05) is 26.2 Å². The van der Waals surface area contributed by atoms with Gasteiger partial charge in [-0.3, -0.25) is 24.7 Å². The minimum absolute atomic E-state index is 0.0237. The Hall–Kier alpha value is -3.07. The predicted octanol–water partition coefficient (Wildman–Crippen LogP) is 4.33. The van der Waals surface area contributed by atoms with Gasteiger partial charge in [0, 0.05) is 61.3 Å². The lowest BCUT2D eigenvalue weighted by Crippen LogP contribution is -2.52. The Morgan fingerprint density at radius 3 is 2.33 bits per heavy atom. The molecular formula is C25H28N4O3S. The smallest absolute Gasteiger partial charge is 0.269 e.